The monoisotopic (exact) mass is 558 g/mol. The molecule has 0 aliphatic heterocycles. The molecule has 4 rings (SSSR count). The number of hydrogen-bond donors (Lipinski definition) is 2. The highest BCUT2D eigenvalue weighted by molar-refractivity contribution is 7.92. The molecule has 0 saturated carbocycles. The summed E-state index contributed by atoms with van der Waals surface area (Å²) in [7, 11) is -2.54. The number of aliphatic hydroxyl groups is 1. The Labute approximate surface area is 222 Å². The van der Waals surface area contributed by atoms with Crippen LogP contribution in [0.2, 0.25) is 0 Å². The fourth-order valence-corrected chi connectivity index (χ4v) is 4.80. The zero-order valence-corrected chi connectivity index (χ0v) is 21.5. The van der Waals surface area contributed by atoms with Crippen LogP contribution < -0.4 is 19.5 Å². The quantitative estimate of drug-likeness (QED) is 0.228. The van der Waals surface area contributed by atoms with Gasteiger partial charge in [0.2, 0.25) is 10.0 Å². The number of benzene rings is 3. The van der Waals surface area contributed by atoms with Crippen molar-refractivity contribution in [3.63, 3.8) is 0 Å². The number of nitrogens with two attached hydrogens (primary N) is 1. The van der Waals surface area contributed by atoms with Gasteiger partial charge in [-0.3, -0.25) is 4.31 Å². The minimum Gasteiger partial charge on any atom is -0.495 e. The lowest BCUT2D eigenvalue weighted by molar-refractivity contribution is 0.0640. The second-order valence-corrected chi connectivity index (χ2v) is 10.1. The van der Waals surface area contributed by atoms with Crippen molar-refractivity contribution < 1.29 is 46.1 Å². The van der Waals surface area contributed by atoms with Gasteiger partial charge in [-0.2, -0.15) is 0 Å². The number of fused-ring (bicyclic) bond motifs is 1. The lowest BCUT2D eigenvalue weighted by atomic mass is 10.0. The predicted octanol–water partition coefficient (Wildman–Crippen LogP) is 4.03. The molecule has 0 saturated heterocycles. The number of methoxy groups -OCH3 is 1. The molecule has 4 aromatic rings. The number of esters is 1. The fraction of sp³-hybridized carbons (Fsp3) is 0.154. The Morgan fingerprint density at radius 2 is 1.67 bits per heavy atom. The highest BCUT2D eigenvalue weighted by Gasteiger charge is 2.29. The number of primary amides is 1. The zero-order valence-electron chi connectivity index (χ0n) is 20.7. The van der Waals surface area contributed by atoms with Crippen LogP contribution in [0.25, 0.3) is 22.3 Å². The van der Waals surface area contributed by atoms with E-state index in [4.69, 9.17) is 19.6 Å². The molecule has 0 unspecified atom stereocenters. The van der Waals surface area contributed by atoms with E-state index in [1.165, 1.54) is 43.5 Å². The minimum atomic E-state index is -3.84. The van der Waals surface area contributed by atoms with Gasteiger partial charge in [0, 0.05) is 17.0 Å². The van der Waals surface area contributed by atoms with Gasteiger partial charge in [0.05, 0.1) is 32.2 Å². The van der Waals surface area contributed by atoms with Gasteiger partial charge in [-0.15, -0.1) is 0 Å². The molecule has 0 bridgehead atoms. The number of halogens is 1. The third-order valence-corrected chi connectivity index (χ3v) is 6.70. The van der Waals surface area contributed by atoms with Crippen LogP contribution >= 0.6 is 0 Å². The number of furan rings is 1. The maximum Gasteiger partial charge on any atom is 0.412 e. The maximum absolute atomic E-state index is 13.2. The molecular weight excluding hydrogens is 535 g/mol. The van der Waals surface area contributed by atoms with Crippen LogP contribution in [0.3, 0.4) is 0 Å². The number of aliphatic hydroxyl groups excluding tert-OH is 1. The first-order valence-electron chi connectivity index (χ1n) is 11.3. The van der Waals surface area contributed by atoms with Gasteiger partial charge in [0.1, 0.15) is 40.0 Å². The van der Waals surface area contributed by atoms with Crippen molar-refractivity contribution in [3.05, 3.63) is 72.0 Å². The Bertz CT molecular complexity index is 1630. The molecule has 39 heavy (non-hydrogen) atoms. The van der Waals surface area contributed by atoms with Gasteiger partial charge < -0.3 is 29.5 Å². The smallest absolute Gasteiger partial charge is 0.412 e. The van der Waals surface area contributed by atoms with Crippen LogP contribution in [-0.2, 0) is 14.8 Å². The standard InChI is InChI=1S/C26H23FN2O9S/c1-35-22-13-19-21(14-20(22)29(11-12-30)39(2,33)34)37-24(23(19)25(31)38-26(28)32)15-3-7-17(8-4-15)36-18-9-5-16(27)6-10-18/h3-10,13-14,30H,11-12H2,1-2H3,(H2,28,32). The Balaban J connectivity index is 1.84. The van der Waals surface area contributed by atoms with Crippen LogP contribution in [-0.4, -0.2) is 52.1 Å². The molecule has 3 N–H and O–H groups in total. The summed E-state index contributed by atoms with van der Waals surface area (Å²) < 4.78 is 60.6. The van der Waals surface area contributed by atoms with Crippen molar-refractivity contribution in [3.8, 4) is 28.6 Å². The maximum atomic E-state index is 13.2. The van der Waals surface area contributed by atoms with E-state index in [-0.39, 0.29) is 40.3 Å². The van der Waals surface area contributed by atoms with E-state index in [0.29, 0.717) is 17.1 Å². The summed E-state index contributed by atoms with van der Waals surface area (Å²) in [5, 5.41) is 9.57. The average molecular weight is 559 g/mol. The molecule has 204 valence electrons. The van der Waals surface area contributed by atoms with Crippen LogP contribution in [0.4, 0.5) is 14.9 Å². The van der Waals surface area contributed by atoms with Crippen molar-refractivity contribution in [2.75, 3.05) is 30.8 Å². The molecule has 1 amide bonds. The number of ether oxygens (including phenoxy) is 3. The van der Waals surface area contributed by atoms with E-state index < -0.39 is 34.5 Å². The second kappa shape index (κ2) is 11.0. The second-order valence-electron chi connectivity index (χ2n) is 8.17. The van der Waals surface area contributed by atoms with E-state index in [0.717, 1.165) is 10.6 Å². The minimum absolute atomic E-state index is 0.00292. The summed E-state index contributed by atoms with van der Waals surface area (Å²) in [5.74, 6) is -0.667. The molecule has 0 atom stereocenters. The van der Waals surface area contributed by atoms with Crippen LogP contribution in [0, 0.1) is 5.82 Å². The molecule has 13 heteroatoms. The molecule has 0 radical (unpaired) electrons. The fourth-order valence-electron chi connectivity index (χ4n) is 3.89. The Hall–Kier alpha value is -4.62. The van der Waals surface area contributed by atoms with Crippen molar-refractivity contribution in [2.45, 2.75) is 0 Å². The van der Waals surface area contributed by atoms with Crippen molar-refractivity contribution in [1.82, 2.24) is 0 Å². The molecule has 0 spiro atoms. The Morgan fingerprint density at radius 3 is 2.21 bits per heavy atom. The molecule has 1 aromatic heterocycles. The van der Waals surface area contributed by atoms with Gasteiger partial charge in [-0.1, -0.05) is 0 Å². The topological polar surface area (TPSA) is 159 Å². The van der Waals surface area contributed by atoms with Gasteiger partial charge in [0.15, 0.2) is 0 Å². The van der Waals surface area contributed by atoms with Crippen LogP contribution in [0.15, 0.2) is 65.1 Å². The SMILES string of the molecule is COc1cc2c(C(=O)OC(N)=O)c(-c3ccc(Oc4ccc(F)cc4)cc3)oc2cc1N(CCO)S(C)(=O)=O. The normalized spacial score (nSPS) is 11.3. The van der Waals surface area contributed by atoms with Gasteiger partial charge in [-0.05, 0) is 54.6 Å². The number of amides is 1. The van der Waals surface area contributed by atoms with Gasteiger partial charge >= 0.3 is 12.1 Å². The summed E-state index contributed by atoms with van der Waals surface area (Å²) in [5.41, 5.74) is 5.40. The summed E-state index contributed by atoms with van der Waals surface area (Å²) in [4.78, 5) is 24.3. The summed E-state index contributed by atoms with van der Waals surface area (Å²) >= 11 is 0. The molecule has 0 fully saturated rings. The van der Waals surface area contributed by atoms with Crippen LogP contribution in [0.1, 0.15) is 10.4 Å². The number of rotatable bonds is 9. The number of carbonyl (C=O) groups excluding carboxylic acids is 2. The summed E-state index contributed by atoms with van der Waals surface area (Å²) in [6.07, 6.45) is -0.372. The number of sulfonamides is 1. The Morgan fingerprint density at radius 1 is 1.05 bits per heavy atom. The highest BCUT2D eigenvalue weighted by Crippen LogP contribution is 2.41. The van der Waals surface area contributed by atoms with Crippen LogP contribution in [0.5, 0.6) is 17.2 Å². The first kappa shape index (κ1) is 27.4. The van der Waals surface area contributed by atoms with Crippen molar-refractivity contribution in [2.24, 2.45) is 5.73 Å². The van der Waals surface area contributed by atoms with E-state index in [1.54, 1.807) is 24.3 Å². The third-order valence-electron chi connectivity index (χ3n) is 5.52. The van der Waals surface area contributed by atoms with E-state index in [9.17, 15) is 27.5 Å². The predicted molar refractivity (Wildman–Crippen MR) is 139 cm³/mol. The molecular formula is C26H23FN2O9S. The third kappa shape index (κ3) is 5.94. The number of hydrogen-bond acceptors (Lipinski definition) is 9. The molecule has 1 heterocycles. The number of nitrogens with zero attached hydrogens (tertiary/aromatic N) is 1. The van der Waals surface area contributed by atoms with Gasteiger partial charge in [0.25, 0.3) is 0 Å². The molecule has 11 nitrogen and oxygen atoms in total. The average Bonchev–Trinajstić information content (AvgIpc) is 3.25. The summed E-state index contributed by atoms with van der Waals surface area (Å²) in [6, 6.07) is 14.4. The largest absolute Gasteiger partial charge is 0.495 e. The number of carbonyl (C=O) groups is 2. The van der Waals surface area contributed by atoms with Crippen molar-refractivity contribution >= 4 is 38.7 Å². The summed E-state index contributed by atoms with van der Waals surface area (Å²) in [6.45, 7) is -0.736. The lowest BCUT2D eigenvalue weighted by Gasteiger charge is -2.23. The Kier molecular flexibility index (Phi) is 7.74. The lowest BCUT2D eigenvalue weighted by Crippen LogP contribution is -2.32. The van der Waals surface area contributed by atoms with Crippen molar-refractivity contribution in [1.29, 1.82) is 0 Å². The van der Waals surface area contributed by atoms with E-state index in [2.05, 4.69) is 4.74 Å². The zero-order chi connectivity index (χ0) is 28.3. The first-order valence-corrected chi connectivity index (χ1v) is 13.1. The van der Waals surface area contributed by atoms with Gasteiger partial charge in [-0.25, -0.2) is 22.4 Å². The van der Waals surface area contributed by atoms with E-state index in [1.807, 2.05) is 0 Å². The number of anilines is 1. The molecule has 0 aliphatic rings. The molecule has 3 aromatic carbocycles. The molecule has 0 aliphatic carbocycles. The van der Waals surface area contributed by atoms with E-state index >= 15 is 0 Å². The highest BCUT2D eigenvalue weighted by atomic mass is 32.2. The first-order chi connectivity index (χ1) is 18.5.